The Hall–Kier alpha value is -2.24. The number of nitrogen functional groups attached to an aromatic ring is 1. The lowest BCUT2D eigenvalue weighted by Gasteiger charge is -2.07. The fraction of sp³-hybridized carbons (Fsp3) is 0. The van der Waals surface area contributed by atoms with Crippen LogP contribution in [0.2, 0.25) is 10.0 Å². The van der Waals surface area contributed by atoms with E-state index in [1.165, 1.54) is 6.07 Å². The Balaban J connectivity index is 2.21. The van der Waals surface area contributed by atoms with Crippen LogP contribution in [-0.4, -0.2) is 15.2 Å². The molecule has 0 atom stereocenters. The third-order valence-corrected chi connectivity index (χ3v) is 3.62. The van der Waals surface area contributed by atoms with Crippen molar-refractivity contribution in [1.29, 1.82) is 0 Å². The van der Waals surface area contributed by atoms with Gasteiger partial charge < -0.3 is 10.7 Å². The van der Waals surface area contributed by atoms with Gasteiger partial charge in [0.25, 0.3) is 0 Å². The number of aromatic nitrogens is 3. The Bertz CT molecular complexity index is 849. The first-order chi connectivity index (χ1) is 10.1. The highest BCUT2D eigenvalue weighted by molar-refractivity contribution is 6.36. The van der Waals surface area contributed by atoms with E-state index >= 15 is 0 Å². The van der Waals surface area contributed by atoms with Crippen molar-refractivity contribution in [2.24, 2.45) is 0 Å². The van der Waals surface area contributed by atoms with Crippen LogP contribution in [0.5, 0.6) is 0 Å². The Kier molecular flexibility index (Phi) is 3.45. The van der Waals surface area contributed by atoms with E-state index in [2.05, 4.69) is 15.2 Å². The quantitative estimate of drug-likeness (QED) is 0.676. The number of aromatic amines is 2. The molecule has 0 saturated carbocycles. The Morgan fingerprint density at radius 3 is 2.62 bits per heavy atom. The fourth-order valence-corrected chi connectivity index (χ4v) is 2.60. The molecule has 4 N–H and O–H groups in total. The zero-order valence-corrected chi connectivity index (χ0v) is 12.2. The highest BCUT2D eigenvalue weighted by atomic mass is 35.5. The highest BCUT2D eigenvalue weighted by Crippen LogP contribution is 2.38. The summed E-state index contributed by atoms with van der Waals surface area (Å²) in [6.45, 7) is 0. The standard InChI is InChI=1S/C14H10Cl2N4O/c15-8-2-3-9(10(16)5-8)12-13(19-20-14(12)17)7-1-4-11(21)18-6-7/h1-6H,(H,18,21)(H3,17,19,20). The van der Waals surface area contributed by atoms with E-state index in [-0.39, 0.29) is 5.56 Å². The first kappa shape index (κ1) is 13.7. The van der Waals surface area contributed by atoms with Crippen LogP contribution in [0.3, 0.4) is 0 Å². The molecule has 0 fully saturated rings. The average molecular weight is 321 g/mol. The lowest BCUT2D eigenvalue weighted by molar-refractivity contribution is 1.10. The second kappa shape index (κ2) is 5.27. The Labute approximate surface area is 129 Å². The van der Waals surface area contributed by atoms with Gasteiger partial charge in [-0.2, -0.15) is 5.10 Å². The van der Waals surface area contributed by atoms with Crippen molar-refractivity contribution in [1.82, 2.24) is 15.2 Å². The van der Waals surface area contributed by atoms with E-state index in [0.717, 1.165) is 5.56 Å². The van der Waals surface area contributed by atoms with Crippen LogP contribution >= 0.6 is 23.2 Å². The van der Waals surface area contributed by atoms with Gasteiger partial charge in [0.1, 0.15) is 0 Å². The topological polar surface area (TPSA) is 87.6 Å². The maximum atomic E-state index is 11.2. The molecule has 7 heteroatoms. The zero-order valence-electron chi connectivity index (χ0n) is 10.7. The van der Waals surface area contributed by atoms with Gasteiger partial charge in [0.05, 0.1) is 16.3 Å². The predicted molar refractivity (Wildman–Crippen MR) is 84.5 cm³/mol. The predicted octanol–water partition coefficient (Wildman–Crippen LogP) is 3.32. The van der Waals surface area contributed by atoms with Gasteiger partial charge in [0, 0.05) is 28.4 Å². The molecule has 2 aromatic heterocycles. The average Bonchev–Trinajstić information content (AvgIpc) is 2.82. The summed E-state index contributed by atoms with van der Waals surface area (Å²) in [5, 5.41) is 7.90. The fourth-order valence-electron chi connectivity index (χ4n) is 2.10. The summed E-state index contributed by atoms with van der Waals surface area (Å²) in [5.74, 6) is 0.320. The zero-order chi connectivity index (χ0) is 15.0. The lowest BCUT2D eigenvalue weighted by Crippen LogP contribution is -2.01. The maximum Gasteiger partial charge on any atom is 0.247 e. The van der Waals surface area contributed by atoms with Gasteiger partial charge in [-0.05, 0) is 18.2 Å². The number of hydrogen-bond donors (Lipinski definition) is 3. The molecule has 0 aliphatic carbocycles. The molecule has 2 heterocycles. The van der Waals surface area contributed by atoms with E-state index in [1.807, 2.05) is 0 Å². The van der Waals surface area contributed by atoms with Crippen molar-refractivity contribution in [2.45, 2.75) is 0 Å². The second-order valence-electron chi connectivity index (χ2n) is 4.42. The summed E-state index contributed by atoms with van der Waals surface area (Å²) >= 11 is 12.2. The van der Waals surface area contributed by atoms with Crippen LogP contribution in [0, 0.1) is 0 Å². The molecular formula is C14H10Cl2N4O. The third-order valence-electron chi connectivity index (χ3n) is 3.07. The second-order valence-corrected chi connectivity index (χ2v) is 5.27. The molecule has 3 aromatic rings. The third kappa shape index (κ3) is 2.53. The van der Waals surface area contributed by atoms with Gasteiger partial charge in [-0.15, -0.1) is 0 Å². The van der Waals surface area contributed by atoms with Crippen molar-refractivity contribution < 1.29 is 0 Å². The van der Waals surface area contributed by atoms with Crippen molar-refractivity contribution in [3.63, 3.8) is 0 Å². The smallest absolute Gasteiger partial charge is 0.247 e. The molecule has 0 aliphatic rings. The van der Waals surface area contributed by atoms with E-state index in [1.54, 1.807) is 30.5 Å². The minimum Gasteiger partial charge on any atom is -0.382 e. The summed E-state index contributed by atoms with van der Waals surface area (Å²) in [6, 6.07) is 8.26. The summed E-state index contributed by atoms with van der Waals surface area (Å²) in [7, 11) is 0. The van der Waals surface area contributed by atoms with Crippen molar-refractivity contribution >= 4 is 29.0 Å². The monoisotopic (exact) mass is 320 g/mol. The number of anilines is 1. The number of hydrogen-bond acceptors (Lipinski definition) is 3. The summed E-state index contributed by atoms with van der Waals surface area (Å²) in [5.41, 5.74) is 8.57. The number of nitrogens with two attached hydrogens (primary N) is 1. The molecule has 21 heavy (non-hydrogen) atoms. The minimum atomic E-state index is -0.183. The molecule has 106 valence electrons. The van der Waals surface area contributed by atoms with Crippen LogP contribution in [0.25, 0.3) is 22.4 Å². The molecule has 0 unspecified atom stereocenters. The highest BCUT2D eigenvalue weighted by Gasteiger charge is 2.17. The number of halogens is 2. The van der Waals surface area contributed by atoms with Gasteiger partial charge in [0.2, 0.25) is 5.56 Å². The molecule has 0 bridgehead atoms. The van der Waals surface area contributed by atoms with Gasteiger partial charge in [0.15, 0.2) is 5.82 Å². The van der Waals surface area contributed by atoms with Gasteiger partial charge in [-0.3, -0.25) is 9.89 Å². The minimum absolute atomic E-state index is 0.183. The number of rotatable bonds is 2. The molecule has 5 nitrogen and oxygen atoms in total. The molecule has 0 spiro atoms. The van der Waals surface area contributed by atoms with Crippen LogP contribution in [-0.2, 0) is 0 Å². The molecule has 0 saturated heterocycles. The number of nitrogens with zero attached hydrogens (tertiary/aromatic N) is 1. The number of nitrogens with one attached hydrogen (secondary N) is 2. The Morgan fingerprint density at radius 1 is 1.14 bits per heavy atom. The van der Waals surface area contributed by atoms with Gasteiger partial charge in [-0.1, -0.05) is 29.3 Å². The van der Waals surface area contributed by atoms with Crippen molar-refractivity contribution in [2.75, 3.05) is 5.73 Å². The van der Waals surface area contributed by atoms with Crippen LogP contribution < -0.4 is 11.3 Å². The molecular weight excluding hydrogens is 311 g/mol. The van der Waals surface area contributed by atoms with Gasteiger partial charge in [-0.25, -0.2) is 0 Å². The molecule has 0 amide bonds. The van der Waals surface area contributed by atoms with Crippen LogP contribution in [0.1, 0.15) is 0 Å². The normalized spacial score (nSPS) is 10.8. The Morgan fingerprint density at radius 2 is 1.95 bits per heavy atom. The lowest BCUT2D eigenvalue weighted by atomic mass is 10.0. The van der Waals surface area contributed by atoms with Crippen LogP contribution in [0.15, 0.2) is 41.3 Å². The largest absolute Gasteiger partial charge is 0.382 e. The van der Waals surface area contributed by atoms with E-state index in [9.17, 15) is 4.79 Å². The van der Waals surface area contributed by atoms with Crippen LogP contribution in [0.4, 0.5) is 5.82 Å². The first-order valence-electron chi connectivity index (χ1n) is 6.04. The number of pyridine rings is 1. The number of benzene rings is 1. The molecule has 3 rings (SSSR count). The van der Waals surface area contributed by atoms with Crippen molar-refractivity contribution in [3.05, 3.63) is 56.9 Å². The van der Waals surface area contributed by atoms with E-state index < -0.39 is 0 Å². The number of H-pyrrole nitrogens is 2. The molecule has 0 aliphatic heterocycles. The first-order valence-corrected chi connectivity index (χ1v) is 6.80. The maximum absolute atomic E-state index is 11.2. The SMILES string of the molecule is Nc1n[nH]c(-c2ccc(=O)[nH]c2)c1-c1ccc(Cl)cc1Cl. The molecule has 1 aromatic carbocycles. The van der Waals surface area contributed by atoms with Crippen molar-refractivity contribution in [3.8, 4) is 22.4 Å². The van der Waals surface area contributed by atoms with E-state index in [0.29, 0.717) is 32.7 Å². The van der Waals surface area contributed by atoms with E-state index in [4.69, 9.17) is 28.9 Å². The molecule has 0 radical (unpaired) electrons. The summed E-state index contributed by atoms with van der Waals surface area (Å²) in [4.78, 5) is 13.8. The summed E-state index contributed by atoms with van der Waals surface area (Å²) in [6.07, 6.45) is 1.59. The van der Waals surface area contributed by atoms with Gasteiger partial charge >= 0.3 is 0 Å². The summed E-state index contributed by atoms with van der Waals surface area (Å²) < 4.78 is 0.